The quantitative estimate of drug-likeness (QED) is 0.328. The van der Waals surface area contributed by atoms with Crippen LogP contribution in [0.4, 0.5) is 14.5 Å². The molecule has 2 fully saturated rings. The number of hydrogen-bond donors (Lipinski definition) is 1. The molecule has 2 atom stereocenters. The van der Waals surface area contributed by atoms with Crippen LogP contribution in [0.15, 0.2) is 49.1 Å². The first kappa shape index (κ1) is 28.0. The maximum atomic E-state index is 13.3. The Labute approximate surface area is 245 Å². The first-order valence-electron chi connectivity index (χ1n) is 13.6. The van der Waals surface area contributed by atoms with Crippen LogP contribution in [0.25, 0.3) is 16.9 Å². The summed E-state index contributed by atoms with van der Waals surface area (Å²) in [6.07, 6.45) is 6.06. The van der Waals surface area contributed by atoms with Crippen molar-refractivity contribution in [1.82, 2.24) is 34.2 Å². The number of likely N-dealkylation sites (tertiary alicyclic amines) is 2. The summed E-state index contributed by atoms with van der Waals surface area (Å²) >= 11 is 6.21. The second kappa shape index (κ2) is 11.3. The summed E-state index contributed by atoms with van der Waals surface area (Å²) in [5, 5.41) is 11.7. The second-order valence-electron chi connectivity index (χ2n) is 10.9. The van der Waals surface area contributed by atoms with Crippen LogP contribution in [-0.4, -0.2) is 84.8 Å². The predicted molar refractivity (Wildman–Crippen MR) is 151 cm³/mol. The molecule has 0 radical (unpaired) electrons. The molecular weight excluding hydrogens is 570 g/mol. The Morgan fingerprint density at radius 2 is 1.93 bits per heavy atom. The largest absolute Gasteiger partial charge is 0.434 e. The van der Waals surface area contributed by atoms with E-state index >= 15 is 0 Å². The summed E-state index contributed by atoms with van der Waals surface area (Å²) < 4.78 is 34.1. The molecule has 220 valence electrons. The van der Waals surface area contributed by atoms with Gasteiger partial charge in [0.1, 0.15) is 23.6 Å². The van der Waals surface area contributed by atoms with Crippen molar-refractivity contribution in [2.45, 2.75) is 33.0 Å². The molecule has 0 spiro atoms. The maximum absolute atomic E-state index is 13.3. The number of nitrogens with one attached hydrogen (secondary N) is 1. The van der Waals surface area contributed by atoms with Crippen LogP contribution < -0.4 is 10.1 Å². The molecule has 2 aliphatic rings. The monoisotopic (exact) mass is 598 g/mol. The lowest BCUT2D eigenvalue weighted by Crippen LogP contribution is -2.37. The zero-order chi connectivity index (χ0) is 29.5. The second-order valence-corrected chi connectivity index (χ2v) is 11.3. The van der Waals surface area contributed by atoms with Gasteiger partial charge in [-0.2, -0.15) is 19.0 Å². The topological polar surface area (TPSA) is 110 Å². The SMILES string of the molecule is CC(C)N1C[C@H]2CN(C(=O)Cn3cc(NC(=O)c4cnn5cccnc45)c(-c4cc(Cl)ccc4OC(F)F)n3)C[C@H]2C1. The van der Waals surface area contributed by atoms with Gasteiger partial charge in [-0.25, -0.2) is 9.50 Å². The fourth-order valence-corrected chi connectivity index (χ4v) is 5.92. The molecule has 3 aromatic heterocycles. The van der Waals surface area contributed by atoms with Crippen molar-refractivity contribution in [3.8, 4) is 17.0 Å². The zero-order valence-corrected chi connectivity index (χ0v) is 23.7. The molecule has 2 aliphatic heterocycles. The Bertz CT molecular complexity index is 1630. The van der Waals surface area contributed by atoms with E-state index in [0.29, 0.717) is 36.6 Å². The average molecular weight is 599 g/mol. The van der Waals surface area contributed by atoms with Gasteiger partial charge in [-0.1, -0.05) is 11.6 Å². The molecule has 2 saturated heterocycles. The summed E-state index contributed by atoms with van der Waals surface area (Å²) in [6, 6.07) is 6.29. The Hall–Kier alpha value is -4.10. The number of alkyl halides is 2. The minimum absolute atomic E-state index is 0.0971. The third-order valence-corrected chi connectivity index (χ3v) is 8.08. The summed E-state index contributed by atoms with van der Waals surface area (Å²) in [5.41, 5.74) is 0.950. The van der Waals surface area contributed by atoms with E-state index in [1.807, 2.05) is 4.90 Å². The van der Waals surface area contributed by atoms with Crippen molar-refractivity contribution in [3.05, 3.63) is 59.6 Å². The summed E-state index contributed by atoms with van der Waals surface area (Å²) in [7, 11) is 0. The molecule has 1 aromatic carbocycles. The van der Waals surface area contributed by atoms with Gasteiger partial charge < -0.3 is 19.9 Å². The number of anilines is 1. The fraction of sp³-hybridized carbons (Fsp3) is 0.393. The van der Waals surface area contributed by atoms with E-state index in [4.69, 9.17) is 16.3 Å². The van der Waals surface area contributed by atoms with Gasteiger partial charge in [0.25, 0.3) is 5.91 Å². The maximum Gasteiger partial charge on any atom is 0.387 e. The molecule has 11 nitrogen and oxygen atoms in total. The van der Waals surface area contributed by atoms with Crippen molar-refractivity contribution in [1.29, 1.82) is 0 Å². The molecule has 0 aliphatic carbocycles. The molecule has 2 amide bonds. The highest BCUT2D eigenvalue weighted by atomic mass is 35.5. The molecule has 0 unspecified atom stereocenters. The van der Waals surface area contributed by atoms with E-state index in [1.54, 1.807) is 12.3 Å². The van der Waals surface area contributed by atoms with Gasteiger partial charge in [0.05, 0.1) is 11.9 Å². The molecule has 1 N–H and O–H groups in total. The Morgan fingerprint density at radius 3 is 2.64 bits per heavy atom. The van der Waals surface area contributed by atoms with E-state index in [1.165, 1.54) is 46.0 Å². The number of nitrogens with zero attached hydrogens (tertiary/aromatic N) is 7. The van der Waals surface area contributed by atoms with Crippen LogP contribution in [0.5, 0.6) is 5.75 Å². The van der Waals surface area contributed by atoms with E-state index in [2.05, 4.69) is 39.2 Å². The average Bonchev–Trinajstić information content (AvgIpc) is 3.71. The highest BCUT2D eigenvalue weighted by molar-refractivity contribution is 6.31. The third kappa shape index (κ3) is 5.53. The van der Waals surface area contributed by atoms with E-state index < -0.39 is 12.5 Å². The van der Waals surface area contributed by atoms with Crippen molar-refractivity contribution < 1.29 is 23.1 Å². The van der Waals surface area contributed by atoms with Crippen LogP contribution in [-0.2, 0) is 11.3 Å². The molecule has 42 heavy (non-hydrogen) atoms. The van der Waals surface area contributed by atoms with Gasteiger partial charge in [-0.3, -0.25) is 14.3 Å². The number of carbonyl (C=O) groups is 2. The number of carbonyl (C=O) groups excluding carboxylic acids is 2. The minimum atomic E-state index is -3.10. The lowest BCUT2D eigenvalue weighted by atomic mass is 10.0. The minimum Gasteiger partial charge on any atom is -0.434 e. The van der Waals surface area contributed by atoms with Gasteiger partial charge in [-0.05, 0) is 49.9 Å². The first-order valence-corrected chi connectivity index (χ1v) is 14.0. The Balaban J connectivity index is 1.29. The predicted octanol–water partition coefficient (Wildman–Crippen LogP) is 3.90. The van der Waals surface area contributed by atoms with Crippen molar-refractivity contribution in [2.75, 3.05) is 31.5 Å². The van der Waals surface area contributed by atoms with E-state index in [-0.39, 0.29) is 45.7 Å². The molecule has 4 aromatic rings. The number of amides is 2. The highest BCUT2D eigenvalue weighted by Crippen LogP contribution is 2.37. The highest BCUT2D eigenvalue weighted by Gasteiger charge is 2.42. The number of aromatic nitrogens is 5. The summed E-state index contributed by atoms with van der Waals surface area (Å²) in [5.74, 6) is 0.0190. The molecule has 0 saturated carbocycles. The fourth-order valence-electron chi connectivity index (χ4n) is 5.75. The first-order chi connectivity index (χ1) is 20.2. The number of benzene rings is 1. The Kier molecular flexibility index (Phi) is 7.54. The van der Waals surface area contributed by atoms with Crippen molar-refractivity contribution in [2.24, 2.45) is 11.8 Å². The third-order valence-electron chi connectivity index (χ3n) is 7.84. The normalized spacial score (nSPS) is 18.8. The zero-order valence-electron chi connectivity index (χ0n) is 23.0. The number of ether oxygens (including phenoxy) is 1. The summed E-state index contributed by atoms with van der Waals surface area (Å²) in [4.78, 5) is 35.2. The number of halogens is 3. The molecule has 6 rings (SSSR count). The van der Waals surface area contributed by atoms with Crippen LogP contribution in [0, 0.1) is 11.8 Å². The van der Waals surface area contributed by atoms with Crippen LogP contribution in [0.1, 0.15) is 24.2 Å². The smallest absolute Gasteiger partial charge is 0.387 e. The molecule has 0 bridgehead atoms. The van der Waals surface area contributed by atoms with Gasteiger partial charge in [0.2, 0.25) is 5.91 Å². The molecule has 14 heteroatoms. The summed E-state index contributed by atoms with van der Waals surface area (Å²) in [6.45, 7) is 4.44. The van der Waals surface area contributed by atoms with Crippen molar-refractivity contribution >= 4 is 34.7 Å². The molecular formula is C28H29ClF2N8O3. The van der Waals surface area contributed by atoms with Gasteiger partial charge in [0.15, 0.2) is 5.65 Å². The molecule has 5 heterocycles. The van der Waals surface area contributed by atoms with E-state index in [9.17, 15) is 18.4 Å². The number of hydrogen-bond acceptors (Lipinski definition) is 7. The van der Waals surface area contributed by atoms with Crippen LogP contribution >= 0.6 is 11.6 Å². The van der Waals surface area contributed by atoms with Gasteiger partial charge in [-0.15, -0.1) is 0 Å². The van der Waals surface area contributed by atoms with Gasteiger partial charge >= 0.3 is 6.61 Å². The van der Waals surface area contributed by atoms with Crippen molar-refractivity contribution in [3.63, 3.8) is 0 Å². The lowest BCUT2D eigenvalue weighted by Gasteiger charge is -2.24. The van der Waals surface area contributed by atoms with E-state index in [0.717, 1.165) is 13.1 Å². The van der Waals surface area contributed by atoms with Crippen LogP contribution in [0.3, 0.4) is 0 Å². The standard InChI is InChI=1S/C28H29ClF2N8O3/c1-16(2)36-10-17-12-37(13-18(17)11-36)24(40)15-38-14-22(34-27(41)21-9-33-39-7-3-6-32-26(21)39)25(35-38)20-8-19(29)4-5-23(20)42-28(30)31/h3-9,14,16-18,28H,10-13,15H2,1-2H3,(H,34,41)/t17-,18+. The van der Waals surface area contributed by atoms with Gasteiger partial charge in [0, 0.05) is 61.4 Å². The Morgan fingerprint density at radius 1 is 1.17 bits per heavy atom. The van der Waals surface area contributed by atoms with Crippen LogP contribution in [0.2, 0.25) is 5.02 Å². The lowest BCUT2D eigenvalue weighted by molar-refractivity contribution is -0.131. The number of fused-ring (bicyclic) bond motifs is 2. The number of rotatable bonds is 8.